The molecule has 0 aromatic carbocycles. The lowest BCUT2D eigenvalue weighted by molar-refractivity contribution is 0.448. The molecule has 0 amide bonds. The molecule has 1 atom stereocenters. The summed E-state index contributed by atoms with van der Waals surface area (Å²) in [6.07, 6.45) is 10.6. The van der Waals surface area contributed by atoms with Crippen molar-refractivity contribution in [1.82, 2.24) is 15.1 Å². The van der Waals surface area contributed by atoms with Gasteiger partial charge in [0.2, 0.25) is 0 Å². The largest absolute Gasteiger partial charge is 0.310 e. The predicted molar refractivity (Wildman–Crippen MR) is 74.5 cm³/mol. The van der Waals surface area contributed by atoms with Crippen molar-refractivity contribution in [3.8, 4) is 0 Å². The summed E-state index contributed by atoms with van der Waals surface area (Å²) in [4.78, 5) is 0. The van der Waals surface area contributed by atoms with Gasteiger partial charge in [0.1, 0.15) is 0 Å². The summed E-state index contributed by atoms with van der Waals surface area (Å²) in [6, 6.07) is 0.543. The van der Waals surface area contributed by atoms with Gasteiger partial charge in [0.25, 0.3) is 0 Å². The van der Waals surface area contributed by atoms with Crippen LogP contribution in [0.2, 0.25) is 0 Å². The molecule has 1 aliphatic rings. The highest BCUT2D eigenvalue weighted by atomic mass is 32.2. The van der Waals surface area contributed by atoms with Gasteiger partial charge in [-0.05, 0) is 50.7 Å². The van der Waals surface area contributed by atoms with Crippen molar-refractivity contribution >= 4 is 11.8 Å². The Kier molecular flexibility index (Phi) is 4.92. The zero-order valence-electron chi connectivity index (χ0n) is 10.9. The Morgan fingerprint density at radius 2 is 2.41 bits per heavy atom. The number of aromatic nitrogens is 2. The van der Waals surface area contributed by atoms with Crippen LogP contribution in [0, 0.1) is 0 Å². The molecule has 0 fully saturated rings. The van der Waals surface area contributed by atoms with Crippen LogP contribution >= 0.6 is 11.8 Å². The smallest absolute Gasteiger partial charge is 0.0540 e. The molecule has 17 heavy (non-hydrogen) atoms. The predicted octanol–water partition coefficient (Wildman–Crippen LogP) is 2.53. The number of fused-ring (bicyclic) bond motifs is 1. The van der Waals surface area contributed by atoms with Crippen LogP contribution < -0.4 is 5.32 Å². The molecule has 1 aliphatic carbocycles. The first-order chi connectivity index (χ1) is 8.33. The fourth-order valence-corrected chi connectivity index (χ4v) is 3.06. The first-order valence-corrected chi connectivity index (χ1v) is 7.95. The Morgan fingerprint density at radius 1 is 1.53 bits per heavy atom. The molecule has 1 heterocycles. The van der Waals surface area contributed by atoms with Crippen LogP contribution in [0.5, 0.6) is 0 Å². The number of hydrogen-bond donors (Lipinski definition) is 1. The van der Waals surface area contributed by atoms with E-state index in [1.165, 1.54) is 49.1 Å². The molecular formula is C13H23N3S. The topological polar surface area (TPSA) is 29.9 Å². The summed E-state index contributed by atoms with van der Waals surface area (Å²) in [5, 5.41) is 8.07. The van der Waals surface area contributed by atoms with Crippen molar-refractivity contribution < 1.29 is 0 Å². The van der Waals surface area contributed by atoms with Crippen molar-refractivity contribution in [2.45, 2.75) is 38.1 Å². The minimum Gasteiger partial charge on any atom is -0.310 e. The van der Waals surface area contributed by atoms with E-state index in [4.69, 9.17) is 0 Å². The van der Waals surface area contributed by atoms with E-state index in [9.17, 15) is 0 Å². The van der Waals surface area contributed by atoms with Crippen LogP contribution in [-0.2, 0) is 13.5 Å². The standard InChI is InChI=1S/C13H23N3S/c1-16-13-7-5-6-12(11(13)10-15-16)14-8-3-4-9-17-2/h10,12,14H,3-9H2,1-2H3. The molecule has 1 N–H and O–H groups in total. The SMILES string of the molecule is CSCCCCNC1CCCc2c1cnn2C. The minimum atomic E-state index is 0.543. The first kappa shape index (κ1) is 13.0. The zero-order valence-corrected chi connectivity index (χ0v) is 11.7. The monoisotopic (exact) mass is 253 g/mol. The Bertz CT molecular complexity index is 348. The normalized spacial score (nSPS) is 19.3. The van der Waals surface area contributed by atoms with Gasteiger partial charge in [-0.15, -0.1) is 0 Å². The molecule has 1 unspecified atom stereocenters. The van der Waals surface area contributed by atoms with Gasteiger partial charge in [-0.2, -0.15) is 16.9 Å². The van der Waals surface area contributed by atoms with Gasteiger partial charge in [0.15, 0.2) is 0 Å². The van der Waals surface area contributed by atoms with Crippen molar-refractivity contribution in [3.05, 3.63) is 17.5 Å². The van der Waals surface area contributed by atoms with Crippen molar-refractivity contribution in [2.75, 3.05) is 18.6 Å². The van der Waals surface area contributed by atoms with E-state index >= 15 is 0 Å². The lowest BCUT2D eigenvalue weighted by Gasteiger charge is -2.23. The molecule has 0 saturated carbocycles. The fourth-order valence-electron chi connectivity index (χ4n) is 2.57. The molecular weight excluding hydrogens is 230 g/mol. The lowest BCUT2D eigenvalue weighted by atomic mass is 9.93. The number of hydrogen-bond acceptors (Lipinski definition) is 3. The van der Waals surface area contributed by atoms with Gasteiger partial charge in [0, 0.05) is 24.3 Å². The second kappa shape index (κ2) is 6.45. The van der Waals surface area contributed by atoms with Crippen LogP contribution in [0.25, 0.3) is 0 Å². The molecule has 3 nitrogen and oxygen atoms in total. The van der Waals surface area contributed by atoms with Gasteiger partial charge in [-0.3, -0.25) is 4.68 Å². The van der Waals surface area contributed by atoms with Crippen molar-refractivity contribution in [3.63, 3.8) is 0 Å². The van der Waals surface area contributed by atoms with E-state index < -0.39 is 0 Å². The fraction of sp³-hybridized carbons (Fsp3) is 0.769. The number of unbranched alkanes of at least 4 members (excludes halogenated alkanes) is 1. The summed E-state index contributed by atoms with van der Waals surface area (Å²) in [5.74, 6) is 1.28. The van der Waals surface area contributed by atoms with Crippen LogP contribution in [0.4, 0.5) is 0 Å². The third-order valence-corrected chi connectivity index (χ3v) is 4.24. The molecule has 0 radical (unpaired) electrons. The number of rotatable bonds is 6. The lowest BCUT2D eigenvalue weighted by Crippen LogP contribution is -2.26. The average molecular weight is 253 g/mol. The number of nitrogens with one attached hydrogen (secondary N) is 1. The highest BCUT2D eigenvalue weighted by molar-refractivity contribution is 7.98. The molecule has 1 aromatic heterocycles. The maximum atomic E-state index is 4.38. The second-order valence-corrected chi connectivity index (χ2v) is 5.75. The van der Waals surface area contributed by atoms with Crippen LogP contribution in [0.15, 0.2) is 6.20 Å². The van der Waals surface area contributed by atoms with Crippen LogP contribution in [-0.4, -0.2) is 28.3 Å². The van der Waals surface area contributed by atoms with Gasteiger partial charge in [-0.25, -0.2) is 0 Å². The van der Waals surface area contributed by atoms with E-state index in [0.29, 0.717) is 6.04 Å². The number of aryl methyl sites for hydroxylation is 1. The molecule has 96 valence electrons. The summed E-state index contributed by atoms with van der Waals surface area (Å²) in [6.45, 7) is 1.14. The molecule has 1 aromatic rings. The van der Waals surface area contributed by atoms with Crippen molar-refractivity contribution in [1.29, 1.82) is 0 Å². The maximum Gasteiger partial charge on any atom is 0.0540 e. The van der Waals surface area contributed by atoms with Gasteiger partial charge in [-0.1, -0.05) is 0 Å². The molecule has 0 aliphatic heterocycles. The van der Waals surface area contributed by atoms with Crippen molar-refractivity contribution in [2.24, 2.45) is 7.05 Å². The Balaban J connectivity index is 1.82. The maximum absolute atomic E-state index is 4.38. The Hall–Kier alpha value is -0.480. The van der Waals surface area contributed by atoms with E-state index in [2.05, 4.69) is 23.7 Å². The second-order valence-electron chi connectivity index (χ2n) is 4.77. The Morgan fingerprint density at radius 3 is 3.24 bits per heavy atom. The third-order valence-electron chi connectivity index (χ3n) is 3.54. The molecule has 4 heteroatoms. The van der Waals surface area contributed by atoms with Crippen LogP contribution in [0.3, 0.4) is 0 Å². The average Bonchev–Trinajstić information content (AvgIpc) is 2.72. The molecule has 0 bridgehead atoms. The molecule has 0 spiro atoms. The van der Waals surface area contributed by atoms with E-state index in [1.807, 2.05) is 22.6 Å². The Labute approximate surface area is 108 Å². The quantitative estimate of drug-likeness (QED) is 0.790. The van der Waals surface area contributed by atoms with Crippen LogP contribution in [0.1, 0.15) is 43.0 Å². The van der Waals surface area contributed by atoms with E-state index in [1.54, 1.807) is 0 Å². The molecule has 0 saturated heterocycles. The highest BCUT2D eigenvalue weighted by Crippen LogP contribution is 2.28. The van der Waals surface area contributed by atoms with Gasteiger partial charge < -0.3 is 5.32 Å². The summed E-state index contributed by atoms with van der Waals surface area (Å²) in [7, 11) is 2.06. The highest BCUT2D eigenvalue weighted by Gasteiger charge is 2.22. The first-order valence-electron chi connectivity index (χ1n) is 6.56. The minimum absolute atomic E-state index is 0.543. The summed E-state index contributed by atoms with van der Waals surface area (Å²) >= 11 is 1.94. The number of nitrogens with zero attached hydrogens (tertiary/aromatic N) is 2. The summed E-state index contributed by atoms with van der Waals surface area (Å²) < 4.78 is 2.04. The molecule has 2 rings (SSSR count). The zero-order chi connectivity index (χ0) is 12.1. The van der Waals surface area contributed by atoms with Gasteiger partial charge >= 0.3 is 0 Å². The number of thioether (sulfide) groups is 1. The third kappa shape index (κ3) is 3.26. The van der Waals surface area contributed by atoms with Gasteiger partial charge in [0.05, 0.1) is 6.20 Å². The van der Waals surface area contributed by atoms with E-state index in [-0.39, 0.29) is 0 Å². The summed E-state index contributed by atoms with van der Waals surface area (Å²) in [5.41, 5.74) is 2.86. The van der Waals surface area contributed by atoms with E-state index in [0.717, 1.165) is 6.54 Å².